The molecular formula is C11H20BrN3O2S. The molecule has 0 saturated heterocycles. The van der Waals surface area contributed by atoms with Crippen LogP contribution in [-0.4, -0.2) is 29.2 Å². The maximum Gasteiger partial charge on any atom is 0.154 e. The molecule has 0 saturated carbocycles. The quantitative estimate of drug-likeness (QED) is 0.911. The molecule has 1 aromatic rings. The minimum atomic E-state index is -3.27. The van der Waals surface area contributed by atoms with Crippen molar-refractivity contribution < 1.29 is 8.42 Å². The van der Waals surface area contributed by atoms with Gasteiger partial charge in [-0.2, -0.15) is 5.10 Å². The summed E-state index contributed by atoms with van der Waals surface area (Å²) in [7, 11) is -3.27. The molecule has 1 aromatic heterocycles. The second kappa shape index (κ2) is 4.94. The van der Waals surface area contributed by atoms with Gasteiger partial charge in [0.05, 0.1) is 27.2 Å². The number of halogens is 1. The third-order valence-corrected chi connectivity index (χ3v) is 6.05. The molecule has 0 aromatic carbocycles. The number of nitrogens with two attached hydrogens (primary N) is 1. The summed E-state index contributed by atoms with van der Waals surface area (Å²) in [6, 6.07) is -0.528. The van der Waals surface area contributed by atoms with E-state index in [1.807, 2.05) is 13.8 Å². The highest BCUT2D eigenvalue weighted by molar-refractivity contribution is 9.10. The number of hydrogen-bond acceptors (Lipinski definition) is 4. The van der Waals surface area contributed by atoms with Gasteiger partial charge in [0.25, 0.3) is 0 Å². The maximum absolute atomic E-state index is 11.9. The van der Waals surface area contributed by atoms with Gasteiger partial charge in [0.2, 0.25) is 0 Å². The van der Waals surface area contributed by atoms with Crippen LogP contribution >= 0.6 is 15.9 Å². The van der Waals surface area contributed by atoms with Crippen molar-refractivity contribution in [3.63, 3.8) is 0 Å². The van der Waals surface area contributed by atoms with Gasteiger partial charge in [0, 0.05) is 12.3 Å². The summed E-state index contributed by atoms with van der Waals surface area (Å²) in [5.41, 5.74) is 6.88. The van der Waals surface area contributed by atoms with Crippen LogP contribution in [0.25, 0.3) is 0 Å². The molecule has 18 heavy (non-hydrogen) atoms. The fourth-order valence-corrected chi connectivity index (χ4v) is 2.71. The van der Waals surface area contributed by atoms with Crippen LogP contribution in [0.3, 0.4) is 0 Å². The van der Waals surface area contributed by atoms with Crippen LogP contribution in [0.4, 0.5) is 0 Å². The van der Waals surface area contributed by atoms with E-state index in [4.69, 9.17) is 5.73 Å². The number of sulfone groups is 1. The van der Waals surface area contributed by atoms with E-state index in [0.717, 1.165) is 4.47 Å². The predicted molar refractivity (Wildman–Crippen MR) is 76.2 cm³/mol. The molecule has 5 nitrogen and oxygen atoms in total. The summed E-state index contributed by atoms with van der Waals surface area (Å²) in [6.45, 7) is 7.22. The van der Waals surface area contributed by atoms with Crippen molar-refractivity contribution in [3.05, 3.63) is 16.4 Å². The van der Waals surface area contributed by atoms with E-state index in [9.17, 15) is 8.42 Å². The van der Waals surface area contributed by atoms with Gasteiger partial charge in [0.1, 0.15) is 0 Å². The average molecular weight is 338 g/mol. The van der Waals surface area contributed by atoms with Gasteiger partial charge in [-0.25, -0.2) is 8.42 Å². The highest BCUT2D eigenvalue weighted by atomic mass is 79.9. The first-order valence-corrected chi connectivity index (χ1v) is 8.36. The second-order valence-corrected chi connectivity index (χ2v) is 8.72. The Bertz CT molecular complexity index is 534. The zero-order valence-electron chi connectivity index (χ0n) is 11.3. The van der Waals surface area contributed by atoms with Crippen molar-refractivity contribution in [2.45, 2.75) is 44.5 Å². The highest BCUT2D eigenvalue weighted by Crippen LogP contribution is 2.34. The third kappa shape index (κ3) is 2.62. The topological polar surface area (TPSA) is 78.0 Å². The monoisotopic (exact) mass is 337 g/mol. The molecule has 1 unspecified atom stereocenters. The smallest absolute Gasteiger partial charge is 0.154 e. The average Bonchev–Trinajstić information content (AvgIpc) is 2.57. The summed E-state index contributed by atoms with van der Waals surface area (Å²) in [4.78, 5) is 0. The fraction of sp³-hybridized carbons (Fsp3) is 0.727. The van der Waals surface area contributed by atoms with Crippen molar-refractivity contribution in [2.24, 2.45) is 5.73 Å². The largest absolute Gasteiger partial charge is 0.321 e. The van der Waals surface area contributed by atoms with Gasteiger partial charge < -0.3 is 5.73 Å². The number of rotatable bonds is 4. The van der Waals surface area contributed by atoms with E-state index in [0.29, 0.717) is 5.69 Å². The third-order valence-electron chi connectivity index (χ3n) is 3.28. The number of aromatic nitrogens is 2. The van der Waals surface area contributed by atoms with Crippen LogP contribution in [0.15, 0.2) is 10.7 Å². The van der Waals surface area contributed by atoms with Crippen LogP contribution < -0.4 is 5.73 Å². The van der Waals surface area contributed by atoms with Crippen molar-refractivity contribution >= 4 is 25.8 Å². The maximum atomic E-state index is 11.9. The lowest BCUT2D eigenvalue weighted by molar-refractivity contribution is 0.436. The van der Waals surface area contributed by atoms with Crippen LogP contribution in [0, 0.1) is 0 Å². The fourth-order valence-electron chi connectivity index (χ4n) is 1.61. The van der Waals surface area contributed by atoms with E-state index in [1.165, 1.54) is 6.26 Å². The molecule has 1 heterocycles. The Morgan fingerprint density at radius 2 is 1.94 bits per heavy atom. The molecule has 0 aliphatic rings. The molecule has 1 rings (SSSR count). The molecule has 2 N–H and O–H groups in total. The van der Waals surface area contributed by atoms with Crippen LogP contribution in [0.1, 0.15) is 45.5 Å². The molecule has 0 aliphatic heterocycles. The minimum absolute atomic E-state index is 0.118. The molecule has 0 aliphatic carbocycles. The molecule has 0 fully saturated rings. The SMILES string of the molecule is CC(C)n1ncc(Br)c1C(N)C(C)(C)S(C)(=O)=O. The Labute approximate surface area is 117 Å². The van der Waals surface area contributed by atoms with Crippen molar-refractivity contribution in [2.75, 3.05) is 6.26 Å². The number of nitrogens with zero attached hydrogens (tertiary/aromatic N) is 2. The second-order valence-electron chi connectivity index (χ2n) is 5.27. The molecule has 0 bridgehead atoms. The summed E-state index contributed by atoms with van der Waals surface area (Å²) < 4.78 is 25.1. The summed E-state index contributed by atoms with van der Waals surface area (Å²) in [6.07, 6.45) is 2.85. The van der Waals surface area contributed by atoms with Gasteiger partial charge in [-0.3, -0.25) is 4.68 Å². The summed E-state index contributed by atoms with van der Waals surface area (Å²) in [5, 5.41) is 4.23. The molecule has 104 valence electrons. The lowest BCUT2D eigenvalue weighted by Gasteiger charge is -2.31. The molecule has 0 amide bonds. The van der Waals surface area contributed by atoms with Gasteiger partial charge in [-0.15, -0.1) is 0 Å². The zero-order chi connectivity index (χ0) is 14.3. The normalized spacial score (nSPS) is 15.1. The standard InChI is InChI=1S/C11H20BrN3O2S/c1-7(2)15-9(8(12)6-14-15)10(13)11(3,4)18(5,16)17/h6-7,10H,13H2,1-5H3. The molecule has 7 heteroatoms. The Hall–Kier alpha value is -0.400. The van der Waals surface area contributed by atoms with E-state index in [1.54, 1.807) is 24.7 Å². The van der Waals surface area contributed by atoms with Gasteiger partial charge in [-0.1, -0.05) is 0 Å². The molecule has 0 spiro atoms. The lowest BCUT2D eigenvalue weighted by atomic mass is 10.0. The Morgan fingerprint density at radius 3 is 2.33 bits per heavy atom. The zero-order valence-corrected chi connectivity index (χ0v) is 13.7. The highest BCUT2D eigenvalue weighted by Gasteiger charge is 2.40. The minimum Gasteiger partial charge on any atom is -0.321 e. The van der Waals surface area contributed by atoms with Crippen LogP contribution in [0.5, 0.6) is 0 Å². The molecule has 0 radical (unpaired) electrons. The van der Waals surface area contributed by atoms with E-state index < -0.39 is 20.6 Å². The molecule has 1 atom stereocenters. The van der Waals surface area contributed by atoms with E-state index >= 15 is 0 Å². The first-order valence-electron chi connectivity index (χ1n) is 5.68. The first-order chi connectivity index (χ1) is 8.00. The van der Waals surface area contributed by atoms with Crippen LogP contribution in [0.2, 0.25) is 0 Å². The van der Waals surface area contributed by atoms with E-state index in [2.05, 4.69) is 21.0 Å². The Kier molecular flexibility index (Phi) is 4.30. The summed E-state index contributed by atoms with van der Waals surface area (Å²) >= 11 is 3.39. The van der Waals surface area contributed by atoms with Crippen molar-refractivity contribution in [1.82, 2.24) is 9.78 Å². The van der Waals surface area contributed by atoms with Crippen molar-refractivity contribution in [3.8, 4) is 0 Å². The van der Waals surface area contributed by atoms with Gasteiger partial charge in [-0.05, 0) is 43.6 Å². The van der Waals surface area contributed by atoms with Gasteiger partial charge in [0.15, 0.2) is 9.84 Å². The Balaban J connectivity index is 3.36. The van der Waals surface area contributed by atoms with E-state index in [-0.39, 0.29) is 6.04 Å². The lowest BCUT2D eigenvalue weighted by Crippen LogP contribution is -2.43. The molecular weight excluding hydrogens is 318 g/mol. The number of hydrogen-bond donors (Lipinski definition) is 1. The first kappa shape index (κ1) is 15.7. The van der Waals surface area contributed by atoms with Gasteiger partial charge >= 0.3 is 0 Å². The summed E-state index contributed by atoms with van der Waals surface area (Å²) in [5.74, 6) is 0. The van der Waals surface area contributed by atoms with Crippen LogP contribution in [-0.2, 0) is 9.84 Å². The van der Waals surface area contributed by atoms with Crippen molar-refractivity contribution in [1.29, 1.82) is 0 Å². The Morgan fingerprint density at radius 1 is 1.44 bits per heavy atom. The predicted octanol–water partition coefficient (Wildman–Crippen LogP) is 2.05.